The smallest absolute Gasteiger partial charge is 0.246 e. The molecule has 1 fully saturated rings. The monoisotopic (exact) mass is 385 g/mol. The van der Waals surface area contributed by atoms with E-state index in [9.17, 15) is 13.2 Å². The van der Waals surface area contributed by atoms with Gasteiger partial charge in [0.25, 0.3) is 0 Å². The highest BCUT2D eigenvalue weighted by molar-refractivity contribution is 7.89. The molecule has 1 saturated heterocycles. The lowest BCUT2D eigenvalue weighted by Crippen LogP contribution is -2.47. The minimum absolute atomic E-state index is 0.0285. The maximum Gasteiger partial charge on any atom is 0.246 e. The second-order valence-corrected chi connectivity index (χ2v) is 8.11. The van der Waals surface area contributed by atoms with Gasteiger partial charge in [0.1, 0.15) is 6.61 Å². The van der Waals surface area contributed by atoms with Crippen LogP contribution in [0.4, 0.5) is 0 Å². The number of hydrogen-bond acceptors (Lipinski definition) is 6. The van der Waals surface area contributed by atoms with E-state index in [0.717, 1.165) is 18.7 Å². The molecule has 1 heterocycles. The van der Waals surface area contributed by atoms with Crippen molar-refractivity contribution < 1.29 is 22.7 Å². The molecular formula is C17H27N3O5S. The van der Waals surface area contributed by atoms with Crippen molar-refractivity contribution in [2.75, 3.05) is 60.2 Å². The number of rotatable bonds is 9. The quantitative estimate of drug-likeness (QED) is 0.598. The zero-order valence-corrected chi connectivity index (χ0v) is 16.1. The Morgan fingerprint density at radius 3 is 2.38 bits per heavy atom. The molecule has 1 aromatic carbocycles. The Labute approximate surface area is 155 Å². The average Bonchev–Trinajstić information content (AvgIpc) is 2.64. The Morgan fingerprint density at radius 1 is 1.12 bits per heavy atom. The highest BCUT2D eigenvalue weighted by atomic mass is 32.2. The van der Waals surface area contributed by atoms with E-state index in [0.29, 0.717) is 32.8 Å². The fraction of sp³-hybridized carbons (Fsp3) is 0.588. The van der Waals surface area contributed by atoms with Crippen molar-refractivity contribution in [3.05, 3.63) is 29.8 Å². The van der Waals surface area contributed by atoms with Crippen LogP contribution in [0, 0.1) is 0 Å². The summed E-state index contributed by atoms with van der Waals surface area (Å²) >= 11 is 0. The van der Waals surface area contributed by atoms with Crippen molar-refractivity contribution in [1.82, 2.24) is 14.5 Å². The van der Waals surface area contributed by atoms with Gasteiger partial charge in [-0.2, -0.15) is 4.31 Å². The van der Waals surface area contributed by atoms with Crippen LogP contribution in [-0.4, -0.2) is 83.7 Å². The van der Waals surface area contributed by atoms with Crippen LogP contribution in [-0.2, 0) is 30.8 Å². The standard InChI is InChI=1S/C17H27N3O5S/c1-19-7-9-20(10-8-19)26(22,23)16-5-3-15(4-6-16)13-18-17(21)14-25-12-11-24-2/h3-6H,7-14H2,1-2H3,(H,18,21). The molecule has 146 valence electrons. The van der Waals surface area contributed by atoms with Crippen LogP contribution in [0.25, 0.3) is 0 Å². The summed E-state index contributed by atoms with van der Waals surface area (Å²) in [5, 5.41) is 2.73. The molecule has 26 heavy (non-hydrogen) atoms. The van der Waals surface area contributed by atoms with Crippen LogP contribution in [0.5, 0.6) is 0 Å². The summed E-state index contributed by atoms with van der Waals surface area (Å²) in [6.07, 6.45) is 0. The summed E-state index contributed by atoms with van der Waals surface area (Å²) in [7, 11) is 0.0848. The lowest BCUT2D eigenvalue weighted by molar-refractivity contribution is -0.126. The van der Waals surface area contributed by atoms with Crippen molar-refractivity contribution >= 4 is 15.9 Å². The van der Waals surface area contributed by atoms with E-state index in [1.54, 1.807) is 31.4 Å². The minimum atomic E-state index is -3.46. The van der Waals surface area contributed by atoms with Crippen molar-refractivity contribution in [2.24, 2.45) is 0 Å². The summed E-state index contributed by atoms with van der Waals surface area (Å²) in [4.78, 5) is 14.0. The topological polar surface area (TPSA) is 88.2 Å². The number of amides is 1. The first-order valence-electron chi connectivity index (χ1n) is 8.54. The van der Waals surface area contributed by atoms with Crippen LogP contribution in [0.2, 0.25) is 0 Å². The first kappa shape index (κ1) is 20.8. The number of sulfonamides is 1. The van der Waals surface area contributed by atoms with Crippen molar-refractivity contribution in [3.8, 4) is 0 Å². The molecule has 0 radical (unpaired) electrons. The van der Waals surface area contributed by atoms with E-state index in [-0.39, 0.29) is 17.4 Å². The Bertz CT molecular complexity index is 670. The SMILES string of the molecule is COCCOCC(=O)NCc1ccc(S(=O)(=O)N2CCN(C)CC2)cc1. The molecule has 1 aliphatic rings. The normalized spacial score (nSPS) is 16.5. The lowest BCUT2D eigenvalue weighted by Gasteiger charge is -2.31. The highest BCUT2D eigenvalue weighted by Crippen LogP contribution is 2.18. The molecule has 2 rings (SSSR count). The molecule has 0 bridgehead atoms. The van der Waals surface area contributed by atoms with Gasteiger partial charge in [0.05, 0.1) is 18.1 Å². The predicted octanol–water partition coefficient (Wildman–Crippen LogP) is -0.0981. The number of carbonyl (C=O) groups is 1. The Hall–Kier alpha value is -1.52. The van der Waals surface area contributed by atoms with E-state index >= 15 is 0 Å². The largest absolute Gasteiger partial charge is 0.382 e. The van der Waals surface area contributed by atoms with E-state index in [2.05, 4.69) is 10.2 Å². The molecule has 0 unspecified atom stereocenters. The number of likely N-dealkylation sites (N-methyl/N-ethyl adjacent to an activating group) is 1. The lowest BCUT2D eigenvalue weighted by atomic mass is 10.2. The van der Waals surface area contributed by atoms with Gasteiger partial charge in [-0.3, -0.25) is 4.79 Å². The van der Waals surface area contributed by atoms with Crippen LogP contribution in [0.15, 0.2) is 29.2 Å². The zero-order valence-electron chi connectivity index (χ0n) is 15.3. The van der Waals surface area contributed by atoms with Crippen molar-refractivity contribution in [3.63, 3.8) is 0 Å². The molecule has 0 aliphatic carbocycles. The third kappa shape index (κ3) is 6.03. The molecule has 0 aromatic heterocycles. The summed E-state index contributed by atoms with van der Waals surface area (Å²) in [5.41, 5.74) is 0.826. The van der Waals surface area contributed by atoms with Gasteiger partial charge in [0, 0.05) is 39.8 Å². The van der Waals surface area contributed by atoms with Gasteiger partial charge in [0.2, 0.25) is 15.9 Å². The molecule has 9 heteroatoms. The molecule has 0 saturated carbocycles. The predicted molar refractivity (Wildman–Crippen MR) is 97.2 cm³/mol. The molecule has 1 aliphatic heterocycles. The van der Waals surface area contributed by atoms with Crippen molar-refractivity contribution in [1.29, 1.82) is 0 Å². The fourth-order valence-corrected chi connectivity index (χ4v) is 3.94. The Morgan fingerprint density at radius 2 is 1.77 bits per heavy atom. The second kappa shape index (κ2) is 9.98. The van der Waals surface area contributed by atoms with Gasteiger partial charge in [-0.15, -0.1) is 0 Å². The van der Waals surface area contributed by atoms with E-state index in [1.165, 1.54) is 4.31 Å². The number of nitrogens with one attached hydrogen (secondary N) is 1. The zero-order chi connectivity index (χ0) is 19.0. The summed E-state index contributed by atoms with van der Waals surface area (Å²) < 4.78 is 36.8. The first-order valence-corrected chi connectivity index (χ1v) is 9.98. The average molecular weight is 385 g/mol. The minimum Gasteiger partial charge on any atom is -0.382 e. The summed E-state index contributed by atoms with van der Waals surface area (Å²) in [6, 6.07) is 6.61. The van der Waals surface area contributed by atoms with E-state index in [1.807, 2.05) is 7.05 Å². The first-order chi connectivity index (χ1) is 12.4. The Balaban J connectivity index is 1.84. The molecule has 1 N–H and O–H groups in total. The van der Waals surface area contributed by atoms with E-state index in [4.69, 9.17) is 9.47 Å². The van der Waals surface area contributed by atoms with Gasteiger partial charge < -0.3 is 19.7 Å². The van der Waals surface area contributed by atoms with Gasteiger partial charge in [-0.1, -0.05) is 12.1 Å². The van der Waals surface area contributed by atoms with Crippen LogP contribution in [0.3, 0.4) is 0 Å². The third-order valence-corrected chi connectivity index (χ3v) is 6.09. The number of piperazine rings is 1. The number of nitrogens with zero attached hydrogens (tertiary/aromatic N) is 2. The number of carbonyl (C=O) groups excluding carboxylic acids is 1. The number of methoxy groups -OCH3 is 1. The van der Waals surface area contributed by atoms with E-state index < -0.39 is 10.0 Å². The van der Waals surface area contributed by atoms with Gasteiger partial charge in [-0.05, 0) is 24.7 Å². The van der Waals surface area contributed by atoms with Crippen LogP contribution < -0.4 is 5.32 Å². The molecule has 8 nitrogen and oxygen atoms in total. The fourth-order valence-electron chi connectivity index (χ4n) is 2.52. The van der Waals surface area contributed by atoms with Crippen molar-refractivity contribution in [2.45, 2.75) is 11.4 Å². The molecule has 1 amide bonds. The Kier molecular flexibility index (Phi) is 7.98. The number of hydrogen-bond donors (Lipinski definition) is 1. The molecule has 1 aromatic rings. The summed E-state index contributed by atoms with van der Waals surface area (Å²) in [6.45, 7) is 3.56. The number of ether oxygens (including phenoxy) is 2. The third-order valence-electron chi connectivity index (χ3n) is 4.18. The summed E-state index contributed by atoms with van der Waals surface area (Å²) in [5.74, 6) is -0.227. The van der Waals surface area contributed by atoms with Crippen LogP contribution in [0.1, 0.15) is 5.56 Å². The van der Waals surface area contributed by atoms with Gasteiger partial charge >= 0.3 is 0 Å². The highest BCUT2D eigenvalue weighted by Gasteiger charge is 2.27. The number of benzene rings is 1. The molecular weight excluding hydrogens is 358 g/mol. The second-order valence-electron chi connectivity index (χ2n) is 6.17. The molecule has 0 spiro atoms. The van der Waals surface area contributed by atoms with Gasteiger partial charge in [0.15, 0.2) is 0 Å². The molecule has 0 atom stereocenters. The van der Waals surface area contributed by atoms with Gasteiger partial charge in [-0.25, -0.2) is 8.42 Å². The van der Waals surface area contributed by atoms with Crippen LogP contribution >= 0.6 is 0 Å². The maximum absolute atomic E-state index is 12.7. The maximum atomic E-state index is 12.7.